The van der Waals surface area contributed by atoms with E-state index in [0.29, 0.717) is 5.69 Å². The van der Waals surface area contributed by atoms with Gasteiger partial charge in [0.25, 0.3) is 5.91 Å². The third-order valence-electron chi connectivity index (χ3n) is 4.87. The zero-order valence-electron chi connectivity index (χ0n) is 15.3. The van der Waals surface area contributed by atoms with E-state index in [4.69, 9.17) is 9.47 Å². The Balaban J connectivity index is 1.84. The summed E-state index contributed by atoms with van der Waals surface area (Å²) in [4.78, 5) is 40.9. The lowest BCUT2D eigenvalue weighted by Gasteiger charge is -2.30. The molecule has 26 heavy (non-hydrogen) atoms. The molecular formula is C19H24N2O5. The number of aryl methyl sites for hydroxylation is 1. The van der Waals surface area contributed by atoms with E-state index in [1.165, 1.54) is 24.0 Å². The van der Waals surface area contributed by atoms with Crippen LogP contribution in [-0.4, -0.2) is 55.7 Å². The average Bonchev–Trinajstić information content (AvgIpc) is 3.43. The Bertz CT molecular complexity index is 694. The molecule has 1 aromatic carbocycles. The molecule has 0 bridgehead atoms. The van der Waals surface area contributed by atoms with E-state index < -0.39 is 12.3 Å². The maximum Gasteiger partial charge on any atom is 0.257 e. The van der Waals surface area contributed by atoms with Crippen molar-refractivity contribution in [2.75, 3.05) is 25.7 Å². The second-order valence-corrected chi connectivity index (χ2v) is 6.79. The third-order valence-corrected chi connectivity index (χ3v) is 4.87. The van der Waals surface area contributed by atoms with Crippen molar-refractivity contribution in [3.8, 4) is 0 Å². The number of carbonyl (C=O) groups is 3. The molecule has 7 heteroatoms. The van der Waals surface area contributed by atoms with Crippen LogP contribution in [0, 0.1) is 12.8 Å². The number of amides is 3. The highest BCUT2D eigenvalue weighted by molar-refractivity contribution is 6.23. The fraction of sp³-hybridized carbons (Fsp3) is 0.526. The smallest absolute Gasteiger partial charge is 0.257 e. The van der Waals surface area contributed by atoms with Gasteiger partial charge in [-0.25, -0.2) is 4.90 Å². The van der Waals surface area contributed by atoms with Gasteiger partial charge in [-0.15, -0.1) is 0 Å². The molecule has 1 aromatic rings. The second kappa shape index (κ2) is 7.55. The monoisotopic (exact) mass is 360 g/mol. The summed E-state index contributed by atoms with van der Waals surface area (Å²) in [7, 11) is 2.96. The molecule has 0 spiro atoms. The Morgan fingerprint density at radius 1 is 1.19 bits per heavy atom. The minimum absolute atomic E-state index is 0.0225. The van der Waals surface area contributed by atoms with Crippen LogP contribution < -0.4 is 4.90 Å². The second-order valence-electron chi connectivity index (χ2n) is 6.79. The molecule has 2 fully saturated rings. The summed E-state index contributed by atoms with van der Waals surface area (Å²) in [6.45, 7) is 2.06. The molecule has 3 amide bonds. The molecule has 140 valence electrons. The first-order chi connectivity index (χ1) is 12.5. The van der Waals surface area contributed by atoms with Crippen LogP contribution in [0.4, 0.5) is 5.69 Å². The summed E-state index contributed by atoms with van der Waals surface area (Å²) in [5.41, 5.74) is 1.57. The zero-order valence-corrected chi connectivity index (χ0v) is 15.3. The molecule has 1 heterocycles. The SMILES string of the molecule is COC(CN(C(=O)C1CC1)C1CC(=O)N(c2ccc(C)cc2)C1=O)OC. The van der Waals surface area contributed by atoms with Crippen LogP contribution >= 0.6 is 0 Å². The maximum absolute atomic E-state index is 13.0. The Morgan fingerprint density at radius 2 is 1.81 bits per heavy atom. The molecule has 1 aliphatic carbocycles. The van der Waals surface area contributed by atoms with Crippen LogP contribution in [0.25, 0.3) is 0 Å². The predicted octanol–water partition coefficient (Wildman–Crippen LogP) is 1.48. The highest BCUT2D eigenvalue weighted by Crippen LogP contribution is 2.34. The largest absolute Gasteiger partial charge is 0.354 e. The molecule has 7 nitrogen and oxygen atoms in total. The van der Waals surface area contributed by atoms with Gasteiger partial charge in [0.2, 0.25) is 11.8 Å². The van der Waals surface area contributed by atoms with Gasteiger partial charge >= 0.3 is 0 Å². The van der Waals surface area contributed by atoms with Gasteiger partial charge in [0.1, 0.15) is 6.04 Å². The number of rotatable bonds is 7. The number of hydrogen-bond acceptors (Lipinski definition) is 5. The number of benzene rings is 1. The van der Waals surface area contributed by atoms with Gasteiger partial charge < -0.3 is 14.4 Å². The first-order valence-electron chi connectivity index (χ1n) is 8.75. The van der Waals surface area contributed by atoms with E-state index in [1.807, 2.05) is 19.1 Å². The molecule has 1 saturated carbocycles. The summed E-state index contributed by atoms with van der Waals surface area (Å²) >= 11 is 0. The van der Waals surface area contributed by atoms with Crippen LogP contribution in [0.15, 0.2) is 24.3 Å². The van der Waals surface area contributed by atoms with E-state index in [2.05, 4.69) is 0 Å². The number of imide groups is 1. The average molecular weight is 360 g/mol. The van der Waals surface area contributed by atoms with Gasteiger partial charge in [-0.1, -0.05) is 17.7 Å². The Kier molecular flexibility index (Phi) is 5.38. The fourth-order valence-electron chi connectivity index (χ4n) is 3.17. The highest BCUT2D eigenvalue weighted by atomic mass is 16.7. The minimum atomic E-state index is -0.815. The summed E-state index contributed by atoms with van der Waals surface area (Å²) in [6, 6.07) is 6.37. The normalized spacial score (nSPS) is 20.2. The minimum Gasteiger partial charge on any atom is -0.354 e. The molecule has 0 radical (unpaired) electrons. The molecule has 0 N–H and O–H groups in total. The van der Waals surface area contributed by atoms with Crippen molar-refractivity contribution < 1.29 is 23.9 Å². The van der Waals surface area contributed by atoms with E-state index in [-0.39, 0.29) is 36.6 Å². The molecule has 1 unspecified atom stereocenters. The molecular weight excluding hydrogens is 336 g/mol. The van der Waals surface area contributed by atoms with Crippen molar-refractivity contribution in [3.63, 3.8) is 0 Å². The first-order valence-corrected chi connectivity index (χ1v) is 8.75. The lowest BCUT2D eigenvalue weighted by Crippen LogP contribution is -2.49. The van der Waals surface area contributed by atoms with Gasteiger partial charge in [0.15, 0.2) is 6.29 Å². The number of ether oxygens (including phenoxy) is 2. The van der Waals surface area contributed by atoms with Gasteiger partial charge in [0.05, 0.1) is 18.7 Å². The van der Waals surface area contributed by atoms with Crippen LogP contribution in [0.3, 0.4) is 0 Å². The highest BCUT2D eigenvalue weighted by Gasteiger charge is 2.47. The fourth-order valence-corrected chi connectivity index (χ4v) is 3.17. The Hall–Kier alpha value is -2.25. The van der Waals surface area contributed by atoms with Crippen molar-refractivity contribution in [1.82, 2.24) is 4.90 Å². The number of methoxy groups -OCH3 is 2. The molecule has 2 aliphatic rings. The maximum atomic E-state index is 13.0. The number of hydrogen-bond donors (Lipinski definition) is 0. The predicted molar refractivity (Wildman–Crippen MR) is 94.3 cm³/mol. The quantitative estimate of drug-likeness (QED) is 0.544. The molecule has 1 aliphatic heterocycles. The lowest BCUT2D eigenvalue weighted by molar-refractivity contribution is -0.153. The Labute approximate surface area is 152 Å². The van der Waals surface area contributed by atoms with E-state index in [1.54, 1.807) is 12.1 Å². The van der Waals surface area contributed by atoms with Gasteiger partial charge in [0, 0.05) is 20.1 Å². The van der Waals surface area contributed by atoms with Crippen LogP contribution in [0.1, 0.15) is 24.8 Å². The van der Waals surface area contributed by atoms with E-state index in [0.717, 1.165) is 18.4 Å². The number of anilines is 1. The lowest BCUT2D eigenvalue weighted by atomic mass is 10.1. The molecule has 1 atom stereocenters. The first kappa shape index (κ1) is 18.5. The van der Waals surface area contributed by atoms with E-state index in [9.17, 15) is 14.4 Å². The van der Waals surface area contributed by atoms with Gasteiger partial charge in [-0.2, -0.15) is 0 Å². The van der Waals surface area contributed by atoms with Crippen LogP contribution in [-0.2, 0) is 23.9 Å². The van der Waals surface area contributed by atoms with Crippen LogP contribution in [0.2, 0.25) is 0 Å². The number of carbonyl (C=O) groups excluding carboxylic acids is 3. The van der Waals surface area contributed by atoms with Crippen molar-refractivity contribution in [1.29, 1.82) is 0 Å². The molecule has 1 saturated heterocycles. The van der Waals surface area contributed by atoms with Gasteiger partial charge in [-0.3, -0.25) is 14.4 Å². The van der Waals surface area contributed by atoms with Crippen molar-refractivity contribution >= 4 is 23.4 Å². The van der Waals surface area contributed by atoms with Crippen molar-refractivity contribution in [3.05, 3.63) is 29.8 Å². The summed E-state index contributed by atoms with van der Waals surface area (Å²) in [5.74, 6) is -0.857. The summed E-state index contributed by atoms with van der Waals surface area (Å²) in [6.07, 6.45) is 0.965. The Morgan fingerprint density at radius 3 is 2.35 bits per heavy atom. The third kappa shape index (κ3) is 3.64. The van der Waals surface area contributed by atoms with Crippen molar-refractivity contribution in [2.24, 2.45) is 5.92 Å². The topological polar surface area (TPSA) is 76.2 Å². The van der Waals surface area contributed by atoms with E-state index >= 15 is 0 Å². The van der Waals surface area contributed by atoms with Crippen LogP contribution in [0.5, 0.6) is 0 Å². The summed E-state index contributed by atoms with van der Waals surface area (Å²) < 4.78 is 10.4. The van der Waals surface area contributed by atoms with Crippen molar-refractivity contribution in [2.45, 2.75) is 38.5 Å². The number of nitrogens with zero attached hydrogens (tertiary/aromatic N) is 2. The summed E-state index contributed by atoms with van der Waals surface area (Å²) in [5, 5.41) is 0. The van der Waals surface area contributed by atoms with Gasteiger partial charge in [-0.05, 0) is 31.9 Å². The molecule has 0 aromatic heterocycles. The molecule has 3 rings (SSSR count). The standard InChI is InChI=1S/C19H24N2O5/c1-12-4-8-14(9-5-12)21-16(22)10-15(19(21)24)20(11-17(25-2)26-3)18(23)13-6-7-13/h4-5,8-9,13,15,17H,6-7,10-11H2,1-3H3. The zero-order chi connectivity index (χ0) is 18.8.